The highest BCUT2D eigenvalue weighted by Gasteiger charge is 2.06. The van der Waals surface area contributed by atoms with Crippen molar-refractivity contribution in [3.8, 4) is 6.07 Å². The Bertz CT molecular complexity index is 657. The number of nitriles is 1. The van der Waals surface area contributed by atoms with Crippen LogP contribution in [0.2, 0.25) is 0 Å². The van der Waals surface area contributed by atoms with Gasteiger partial charge < -0.3 is 10.1 Å². The number of carbonyl (C=O) groups is 1. The third-order valence-corrected chi connectivity index (χ3v) is 3.04. The van der Waals surface area contributed by atoms with Crippen LogP contribution in [0.25, 0.3) is 0 Å². The Morgan fingerprint density at radius 1 is 1.19 bits per heavy atom. The van der Waals surface area contributed by atoms with E-state index in [9.17, 15) is 4.79 Å². The van der Waals surface area contributed by atoms with Crippen LogP contribution < -0.4 is 5.32 Å². The van der Waals surface area contributed by atoms with Crippen LogP contribution in [0.5, 0.6) is 0 Å². The van der Waals surface area contributed by atoms with Crippen LogP contribution in [-0.2, 0) is 17.9 Å². The fraction of sp³-hybridized carbons (Fsp3) is 0.176. The molecule has 0 aliphatic heterocycles. The van der Waals surface area contributed by atoms with Crippen LogP contribution in [0, 0.1) is 11.3 Å². The van der Waals surface area contributed by atoms with E-state index in [0.717, 1.165) is 11.1 Å². The topological polar surface area (TPSA) is 62.1 Å². The Morgan fingerprint density at radius 3 is 2.57 bits per heavy atom. The maximum atomic E-state index is 12.0. The fourth-order valence-electron chi connectivity index (χ4n) is 1.93. The second-order valence-corrected chi connectivity index (χ2v) is 4.62. The molecule has 0 aliphatic carbocycles. The zero-order chi connectivity index (χ0) is 15.1. The summed E-state index contributed by atoms with van der Waals surface area (Å²) in [5, 5.41) is 11.7. The van der Waals surface area contributed by atoms with Gasteiger partial charge in [-0.1, -0.05) is 30.3 Å². The van der Waals surface area contributed by atoms with Crippen LogP contribution in [0.3, 0.4) is 0 Å². The monoisotopic (exact) mass is 280 g/mol. The third-order valence-electron chi connectivity index (χ3n) is 3.04. The zero-order valence-corrected chi connectivity index (χ0v) is 11.8. The first kappa shape index (κ1) is 14.8. The molecular weight excluding hydrogens is 264 g/mol. The van der Waals surface area contributed by atoms with Crippen molar-refractivity contribution < 1.29 is 9.53 Å². The van der Waals surface area contributed by atoms with Crippen molar-refractivity contribution >= 4 is 5.91 Å². The fourth-order valence-corrected chi connectivity index (χ4v) is 1.93. The largest absolute Gasteiger partial charge is 0.380 e. The van der Waals surface area contributed by atoms with Gasteiger partial charge in [0.15, 0.2) is 0 Å². The lowest BCUT2D eigenvalue weighted by Gasteiger charge is -2.07. The molecule has 0 unspecified atom stereocenters. The Kier molecular flexibility index (Phi) is 5.08. The van der Waals surface area contributed by atoms with Crippen molar-refractivity contribution in [2.24, 2.45) is 0 Å². The van der Waals surface area contributed by atoms with Crippen LogP contribution in [0.4, 0.5) is 0 Å². The summed E-state index contributed by atoms with van der Waals surface area (Å²) in [5.74, 6) is -0.187. The lowest BCUT2D eigenvalue weighted by Crippen LogP contribution is -2.22. The van der Waals surface area contributed by atoms with Crippen LogP contribution in [0.1, 0.15) is 27.0 Å². The second kappa shape index (κ2) is 7.22. The van der Waals surface area contributed by atoms with E-state index >= 15 is 0 Å². The summed E-state index contributed by atoms with van der Waals surface area (Å²) in [6, 6.07) is 16.5. The van der Waals surface area contributed by atoms with Crippen molar-refractivity contribution in [3.05, 3.63) is 70.8 Å². The summed E-state index contributed by atoms with van der Waals surface area (Å²) in [7, 11) is 1.66. The molecule has 106 valence electrons. The average Bonchev–Trinajstić information content (AvgIpc) is 2.54. The molecule has 2 aromatic carbocycles. The highest BCUT2D eigenvalue weighted by molar-refractivity contribution is 5.94. The number of amides is 1. The normalized spacial score (nSPS) is 9.90. The van der Waals surface area contributed by atoms with Crippen molar-refractivity contribution in [2.75, 3.05) is 7.11 Å². The Morgan fingerprint density at radius 2 is 1.90 bits per heavy atom. The van der Waals surface area contributed by atoms with Crippen molar-refractivity contribution in [3.63, 3.8) is 0 Å². The molecule has 0 aliphatic rings. The van der Waals surface area contributed by atoms with Crippen molar-refractivity contribution in [1.29, 1.82) is 5.26 Å². The molecule has 1 N–H and O–H groups in total. The first-order valence-corrected chi connectivity index (χ1v) is 6.58. The molecule has 0 heterocycles. The Hall–Kier alpha value is -2.64. The SMILES string of the molecule is COCc1ccc(CNC(=O)c2cccc(C#N)c2)cc1. The summed E-state index contributed by atoms with van der Waals surface area (Å²) < 4.78 is 5.05. The molecule has 4 nitrogen and oxygen atoms in total. The Balaban J connectivity index is 1.95. The quantitative estimate of drug-likeness (QED) is 0.915. The number of nitrogens with one attached hydrogen (secondary N) is 1. The third kappa shape index (κ3) is 4.16. The molecule has 2 aromatic rings. The van der Waals surface area contributed by atoms with E-state index < -0.39 is 0 Å². The number of benzene rings is 2. The zero-order valence-electron chi connectivity index (χ0n) is 11.8. The average molecular weight is 280 g/mol. The predicted molar refractivity (Wildman–Crippen MR) is 79.5 cm³/mol. The van der Waals surface area contributed by atoms with E-state index in [2.05, 4.69) is 5.32 Å². The summed E-state index contributed by atoms with van der Waals surface area (Å²) >= 11 is 0. The van der Waals surface area contributed by atoms with Gasteiger partial charge >= 0.3 is 0 Å². The molecule has 21 heavy (non-hydrogen) atoms. The van der Waals surface area contributed by atoms with Gasteiger partial charge in [0.25, 0.3) is 5.91 Å². The number of carbonyl (C=O) groups excluding carboxylic acids is 1. The molecule has 4 heteroatoms. The van der Waals surface area contributed by atoms with E-state index in [1.165, 1.54) is 0 Å². The molecule has 1 amide bonds. The maximum Gasteiger partial charge on any atom is 0.251 e. The van der Waals surface area contributed by atoms with Gasteiger partial charge in [-0.2, -0.15) is 5.26 Å². The first-order valence-electron chi connectivity index (χ1n) is 6.58. The van der Waals surface area contributed by atoms with E-state index in [1.807, 2.05) is 30.3 Å². The number of rotatable bonds is 5. The standard InChI is InChI=1S/C17H16N2O2/c1-21-12-14-7-5-13(6-8-14)11-19-17(20)16-4-2-3-15(9-16)10-18/h2-9H,11-12H2,1H3,(H,19,20). The minimum atomic E-state index is -0.187. The number of nitrogens with zero attached hydrogens (tertiary/aromatic N) is 1. The van der Waals surface area contributed by atoms with Crippen molar-refractivity contribution in [2.45, 2.75) is 13.2 Å². The van der Waals surface area contributed by atoms with E-state index in [1.54, 1.807) is 31.4 Å². The molecule has 0 radical (unpaired) electrons. The van der Waals surface area contributed by atoms with Gasteiger partial charge in [-0.25, -0.2) is 0 Å². The highest BCUT2D eigenvalue weighted by atomic mass is 16.5. The van der Waals surface area contributed by atoms with Crippen LogP contribution in [-0.4, -0.2) is 13.0 Å². The van der Waals surface area contributed by atoms with Gasteiger partial charge in [0.2, 0.25) is 0 Å². The van der Waals surface area contributed by atoms with E-state index in [4.69, 9.17) is 10.00 Å². The smallest absolute Gasteiger partial charge is 0.251 e. The molecule has 0 saturated heterocycles. The van der Waals surface area contributed by atoms with Gasteiger partial charge in [0.1, 0.15) is 0 Å². The summed E-state index contributed by atoms with van der Waals surface area (Å²) in [6.07, 6.45) is 0. The van der Waals surface area contributed by atoms with Gasteiger partial charge in [-0.3, -0.25) is 4.79 Å². The summed E-state index contributed by atoms with van der Waals surface area (Å²) in [4.78, 5) is 12.0. The minimum absolute atomic E-state index is 0.187. The molecule has 0 atom stereocenters. The van der Waals surface area contributed by atoms with Crippen LogP contribution >= 0.6 is 0 Å². The van der Waals surface area contributed by atoms with Gasteiger partial charge in [0, 0.05) is 19.2 Å². The summed E-state index contributed by atoms with van der Waals surface area (Å²) in [5.41, 5.74) is 3.07. The molecule has 0 aromatic heterocycles. The first-order chi connectivity index (χ1) is 10.2. The van der Waals surface area contributed by atoms with Crippen molar-refractivity contribution in [1.82, 2.24) is 5.32 Å². The Labute approximate surface area is 124 Å². The van der Waals surface area contributed by atoms with E-state index in [-0.39, 0.29) is 5.91 Å². The second-order valence-electron chi connectivity index (χ2n) is 4.62. The lowest BCUT2D eigenvalue weighted by atomic mass is 10.1. The molecule has 0 spiro atoms. The number of ether oxygens (including phenoxy) is 1. The maximum absolute atomic E-state index is 12.0. The van der Waals surface area contributed by atoms with Crippen LogP contribution in [0.15, 0.2) is 48.5 Å². The number of hydrogen-bond donors (Lipinski definition) is 1. The van der Waals surface area contributed by atoms with E-state index in [0.29, 0.717) is 24.3 Å². The molecule has 2 rings (SSSR count). The lowest BCUT2D eigenvalue weighted by molar-refractivity contribution is 0.0951. The van der Waals surface area contributed by atoms with Gasteiger partial charge in [-0.15, -0.1) is 0 Å². The number of hydrogen-bond acceptors (Lipinski definition) is 3. The molecule has 0 fully saturated rings. The molecular formula is C17H16N2O2. The minimum Gasteiger partial charge on any atom is -0.380 e. The molecule has 0 bridgehead atoms. The summed E-state index contributed by atoms with van der Waals surface area (Å²) in [6.45, 7) is 1.02. The van der Waals surface area contributed by atoms with Gasteiger partial charge in [-0.05, 0) is 29.3 Å². The molecule has 0 saturated carbocycles. The van der Waals surface area contributed by atoms with Gasteiger partial charge in [0.05, 0.1) is 18.2 Å². The predicted octanol–water partition coefficient (Wildman–Crippen LogP) is 2.63. The highest BCUT2D eigenvalue weighted by Crippen LogP contribution is 2.07. The number of methoxy groups -OCH3 is 1.